The van der Waals surface area contributed by atoms with Gasteiger partial charge < -0.3 is 23.7 Å². The van der Waals surface area contributed by atoms with E-state index in [1.165, 1.54) is 7.11 Å². The number of methoxy groups -OCH3 is 1. The molecule has 2 rings (SSSR count). The largest absolute Gasteiger partial charge is 0.493 e. The molecule has 152 valence electrons. The van der Waals surface area contributed by atoms with Gasteiger partial charge in [-0.25, -0.2) is 9.59 Å². The number of benzene rings is 1. The van der Waals surface area contributed by atoms with Gasteiger partial charge in [0.25, 0.3) is 0 Å². The summed E-state index contributed by atoms with van der Waals surface area (Å²) in [5.74, 6) is 0.412. The van der Waals surface area contributed by atoms with Crippen molar-refractivity contribution in [3.8, 4) is 17.2 Å². The summed E-state index contributed by atoms with van der Waals surface area (Å²) in [5.41, 5.74) is 1.47. The highest BCUT2D eigenvalue weighted by atomic mass is 16.7. The van der Waals surface area contributed by atoms with Crippen LogP contribution in [0.1, 0.15) is 46.3 Å². The highest BCUT2D eigenvalue weighted by molar-refractivity contribution is 5.88. The van der Waals surface area contributed by atoms with Crippen molar-refractivity contribution >= 4 is 11.9 Å². The first-order valence-corrected chi connectivity index (χ1v) is 8.97. The molecule has 1 aromatic carbocycles. The molecule has 7 heteroatoms. The molecular formula is C21H26O7. The van der Waals surface area contributed by atoms with Gasteiger partial charge in [0, 0.05) is 16.7 Å². The Hall–Kier alpha value is -2.96. The van der Waals surface area contributed by atoms with Crippen molar-refractivity contribution in [2.24, 2.45) is 0 Å². The highest BCUT2D eigenvalue weighted by Crippen LogP contribution is 2.44. The smallest absolute Gasteiger partial charge is 0.334 e. The zero-order valence-corrected chi connectivity index (χ0v) is 17.0. The van der Waals surface area contributed by atoms with Crippen molar-refractivity contribution in [2.75, 3.05) is 13.9 Å². The van der Waals surface area contributed by atoms with Crippen LogP contribution >= 0.6 is 0 Å². The summed E-state index contributed by atoms with van der Waals surface area (Å²) in [5, 5.41) is 0. The molecule has 0 bridgehead atoms. The lowest BCUT2D eigenvalue weighted by Crippen LogP contribution is -2.27. The van der Waals surface area contributed by atoms with E-state index in [4.69, 9.17) is 23.7 Å². The minimum Gasteiger partial charge on any atom is -0.493 e. The molecule has 2 atom stereocenters. The van der Waals surface area contributed by atoms with Crippen molar-refractivity contribution in [3.05, 3.63) is 41.0 Å². The predicted octanol–water partition coefficient (Wildman–Crippen LogP) is 3.87. The standard InChI is InChI=1S/C21H26O7/c1-7-12(3)20(22)27-14(5)18(28-21(23)13(4)8-2)15-9-16(24-6)19-17(10-15)25-11-26-19/h7-10,14,18H,11H2,1-6H3/t14-,18-/m1/s1. The Morgan fingerprint density at radius 2 is 1.64 bits per heavy atom. The SMILES string of the molecule is CC=C(C)C(=O)O[C@H](C)[C@@H](OC(=O)C(C)=CC)c1cc(OC)c2c(c1)OCO2. The number of hydrogen-bond donors (Lipinski definition) is 0. The van der Waals surface area contributed by atoms with Gasteiger partial charge in [-0.3, -0.25) is 0 Å². The first-order chi connectivity index (χ1) is 13.3. The molecule has 0 radical (unpaired) electrons. The molecule has 0 saturated carbocycles. The Morgan fingerprint density at radius 1 is 1.04 bits per heavy atom. The third-order valence-electron chi connectivity index (χ3n) is 4.47. The quantitative estimate of drug-likeness (QED) is 0.516. The van der Waals surface area contributed by atoms with Crippen LogP contribution in [0.4, 0.5) is 0 Å². The molecule has 0 amide bonds. The first-order valence-electron chi connectivity index (χ1n) is 8.97. The van der Waals surface area contributed by atoms with Crippen LogP contribution in [-0.4, -0.2) is 31.9 Å². The van der Waals surface area contributed by atoms with Crippen LogP contribution < -0.4 is 14.2 Å². The maximum atomic E-state index is 12.4. The van der Waals surface area contributed by atoms with Crippen LogP contribution in [-0.2, 0) is 19.1 Å². The van der Waals surface area contributed by atoms with Crippen LogP contribution in [0, 0.1) is 0 Å². The molecule has 7 nitrogen and oxygen atoms in total. The maximum Gasteiger partial charge on any atom is 0.334 e. The van der Waals surface area contributed by atoms with Crippen LogP contribution in [0.3, 0.4) is 0 Å². The molecule has 1 aliphatic rings. The minimum absolute atomic E-state index is 0.0717. The fraction of sp³-hybridized carbons (Fsp3) is 0.429. The van der Waals surface area contributed by atoms with Crippen molar-refractivity contribution < 1.29 is 33.3 Å². The topological polar surface area (TPSA) is 80.3 Å². The van der Waals surface area contributed by atoms with E-state index in [-0.39, 0.29) is 6.79 Å². The molecule has 1 aliphatic heterocycles. The van der Waals surface area contributed by atoms with Gasteiger partial charge in [0.1, 0.15) is 6.10 Å². The molecule has 0 saturated heterocycles. The predicted molar refractivity (Wildman–Crippen MR) is 102 cm³/mol. The summed E-state index contributed by atoms with van der Waals surface area (Å²) in [7, 11) is 1.50. The molecule has 0 spiro atoms. The lowest BCUT2D eigenvalue weighted by Gasteiger charge is -2.25. The Balaban J connectivity index is 2.40. The van der Waals surface area contributed by atoms with E-state index in [0.717, 1.165) is 0 Å². The number of rotatable bonds is 7. The van der Waals surface area contributed by atoms with Gasteiger partial charge in [-0.15, -0.1) is 0 Å². The number of allylic oxidation sites excluding steroid dienone is 2. The molecular weight excluding hydrogens is 364 g/mol. The zero-order valence-electron chi connectivity index (χ0n) is 17.0. The van der Waals surface area contributed by atoms with Crippen LogP contribution in [0.2, 0.25) is 0 Å². The number of ether oxygens (including phenoxy) is 5. The lowest BCUT2D eigenvalue weighted by molar-refractivity contribution is -0.162. The summed E-state index contributed by atoms with van der Waals surface area (Å²) >= 11 is 0. The normalized spacial score (nSPS) is 15.6. The Bertz CT molecular complexity index is 807. The second-order valence-electron chi connectivity index (χ2n) is 6.34. The third-order valence-corrected chi connectivity index (χ3v) is 4.47. The second kappa shape index (κ2) is 9.30. The van der Waals surface area contributed by atoms with Gasteiger partial charge in [-0.1, -0.05) is 12.2 Å². The van der Waals surface area contributed by atoms with Gasteiger partial charge in [0.15, 0.2) is 17.6 Å². The molecule has 1 heterocycles. The number of esters is 2. The summed E-state index contributed by atoms with van der Waals surface area (Å²) in [6, 6.07) is 3.38. The summed E-state index contributed by atoms with van der Waals surface area (Å²) in [6.07, 6.45) is 1.70. The van der Waals surface area contributed by atoms with Gasteiger partial charge >= 0.3 is 11.9 Å². The number of hydrogen-bond acceptors (Lipinski definition) is 7. The van der Waals surface area contributed by atoms with Crippen molar-refractivity contribution in [2.45, 2.75) is 46.8 Å². The molecule has 0 fully saturated rings. The number of carbonyl (C=O) groups is 2. The van der Waals surface area contributed by atoms with Gasteiger partial charge in [-0.2, -0.15) is 0 Å². The zero-order chi connectivity index (χ0) is 20.8. The Labute approximate surface area is 164 Å². The summed E-state index contributed by atoms with van der Waals surface area (Å²) < 4.78 is 27.4. The summed E-state index contributed by atoms with van der Waals surface area (Å²) in [6.45, 7) is 8.54. The van der Waals surface area contributed by atoms with Crippen molar-refractivity contribution in [1.82, 2.24) is 0 Å². The first kappa shape index (κ1) is 21.3. The average molecular weight is 390 g/mol. The number of fused-ring (bicyclic) bond motifs is 1. The minimum atomic E-state index is -0.862. The Kier molecular flexibility index (Phi) is 7.09. The lowest BCUT2D eigenvalue weighted by atomic mass is 10.0. The summed E-state index contributed by atoms with van der Waals surface area (Å²) in [4.78, 5) is 24.6. The Morgan fingerprint density at radius 3 is 2.21 bits per heavy atom. The van der Waals surface area contributed by atoms with E-state index in [1.807, 2.05) is 0 Å². The molecule has 0 N–H and O–H groups in total. The average Bonchev–Trinajstić information content (AvgIpc) is 3.18. The van der Waals surface area contributed by atoms with E-state index in [2.05, 4.69) is 0 Å². The van der Waals surface area contributed by atoms with E-state index in [1.54, 1.807) is 58.9 Å². The van der Waals surface area contributed by atoms with Crippen LogP contribution in [0.15, 0.2) is 35.4 Å². The fourth-order valence-corrected chi connectivity index (χ4v) is 2.52. The monoisotopic (exact) mass is 390 g/mol. The van der Waals surface area contributed by atoms with Gasteiger partial charge in [-0.05, 0) is 46.8 Å². The van der Waals surface area contributed by atoms with Gasteiger partial charge in [0.05, 0.1) is 7.11 Å². The van der Waals surface area contributed by atoms with E-state index in [0.29, 0.717) is 34.0 Å². The van der Waals surface area contributed by atoms with Gasteiger partial charge in [0.2, 0.25) is 12.5 Å². The van der Waals surface area contributed by atoms with Crippen LogP contribution in [0.5, 0.6) is 17.2 Å². The van der Waals surface area contributed by atoms with Crippen molar-refractivity contribution in [1.29, 1.82) is 0 Å². The third kappa shape index (κ3) is 4.65. The molecule has 28 heavy (non-hydrogen) atoms. The highest BCUT2D eigenvalue weighted by Gasteiger charge is 2.31. The van der Waals surface area contributed by atoms with E-state index < -0.39 is 24.1 Å². The maximum absolute atomic E-state index is 12.4. The van der Waals surface area contributed by atoms with E-state index >= 15 is 0 Å². The molecule has 0 unspecified atom stereocenters. The molecule has 0 aromatic heterocycles. The fourth-order valence-electron chi connectivity index (χ4n) is 2.52. The van der Waals surface area contributed by atoms with Crippen molar-refractivity contribution in [3.63, 3.8) is 0 Å². The second-order valence-corrected chi connectivity index (χ2v) is 6.34. The van der Waals surface area contributed by atoms with Crippen LogP contribution in [0.25, 0.3) is 0 Å². The molecule has 0 aliphatic carbocycles. The number of carbonyl (C=O) groups excluding carboxylic acids is 2. The molecule has 1 aromatic rings. The van der Waals surface area contributed by atoms with E-state index in [9.17, 15) is 9.59 Å².